The maximum atomic E-state index is 3.67. The van der Waals surface area contributed by atoms with Crippen LogP contribution in [0, 0.1) is 11.8 Å². The molecule has 1 aliphatic heterocycles. The fraction of sp³-hybridized carbons (Fsp3) is 1.00. The molecule has 1 rings (SSSR count). The van der Waals surface area contributed by atoms with Gasteiger partial charge >= 0.3 is 0 Å². The quantitative estimate of drug-likeness (QED) is 0.713. The summed E-state index contributed by atoms with van der Waals surface area (Å²) in [5.74, 6) is 2.80. The van der Waals surface area contributed by atoms with Crippen molar-refractivity contribution in [3.05, 3.63) is 0 Å². The topological polar surface area (TPSA) is 12.0 Å². The molecule has 1 fully saturated rings. The van der Waals surface area contributed by atoms with E-state index in [0.717, 1.165) is 11.8 Å². The fourth-order valence-electron chi connectivity index (χ4n) is 1.40. The van der Waals surface area contributed by atoms with Crippen molar-refractivity contribution in [2.75, 3.05) is 5.75 Å². The molecular formula is C10H21NS. The van der Waals surface area contributed by atoms with Gasteiger partial charge in [-0.25, -0.2) is 0 Å². The first-order valence-electron chi connectivity index (χ1n) is 4.82. The van der Waals surface area contributed by atoms with Gasteiger partial charge in [0.2, 0.25) is 0 Å². The molecule has 1 saturated heterocycles. The van der Waals surface area contributed by atoms with Crippen molar-refractivity contribution in [1.29, 1.82) is 0 Å². The third-order valence-corrected chi connectivity index (χ3v) is 4.48. The highest BCUT2D eigenvalue weighted by Gasteiger charge is 2.34. The lowest BCUT2D eigenvalue weighted by Gasteiger charge is -2.25. The minimum atomic E-state index is 0.346. The van der Waals surface area contributed by atoms with Crippen LogP contribution in [0.15, 0.2) is 0 Å². The standard InChI is InChI=1S/C10H21NS/c1-7(2)8(3)9-11-10(4,5)6-12-9/h7-9,11H,6H2,1-5H3. The Morgan fingerprint density at radius 2 is 1.92 bits per heavy atom. The van der Waals surface area contributed by atoms with Crippen LogP contribution in [0.4, 0.5) is 0 Å². The number of nitrogens with one attached hydrogen (secondary N) is 1. The third kappa shape index (κ3) is 2.40. The van der Waals surface area contributed by atoms with Crippen LogP contribution in [0.1, 0.15) is 34.6 Å². The molecule has 12 heavy (non-hydrogen) atoms. The van der Waals surface area contributed by atoms with Gasteiger partial charge in [-0.2, -0.15) is 0 Å². The lowest BCUT2D eigenvalue weighted by molar-refractivity contribution is 0.330. The Bertz CT molecular complexity index is 154. The molecule has 0 spiro atoms. The van der Waals surface area contributed by atoms with Gasteiger partial charge in [0.15, 0.2) is 0 Å². The van der Waals surface area contributed by atoms with E-state index in [2.05, 4.69) is 51.7 Å². The second-order valence-corrected chi connectivity index (χ2v) is 5.99. The van der Waals surface area contributed by atoms with Crippen LogP contribution in [0.3, 0.4) is 0 Å². The largest absolute Gasteiger partial charge is 0.299 e. The van der Waals surface area contributed by atoms with Crippen molar-refractivity contribution in [2.45, 2.75) is 45.5 Å². The van der Waals surface area contributed by atoms with Gasteiger partial charge in [0.1, 0.15) is 0 Å². The van der Waals surface area contributed by atoms with Crippen LogP contribution in [-0.2, 0) is 0 Å². The average molecular weight is 187 g/mol. The predicted octanol–water partition coefficient (Wildman–Crippen LogP) is 2.72. The molecular weight excluding hydrogens is 166 g/mol. The van der Waals surface area contributed by atoms with E-state index in [-0.39, 0.29) is 0 Å². The number of rotatable bonds is 2. The molecule has 0 aromatic rings. The molecule has 0 radical (unpaired) electrons. The Hall–Kier alpha value is 0.310. The highest BCUT2D eigenvalue weighted by atomic mass is 32.2. The number of hydrogen-bond acceptors (Lipinski definition) is 2. The summed E-state index contributed by atoms with van der Waals surface area (Å²) in [5.41, 5.74) is 0.346. The molecule has 0 amide bonds. The molecule has 1 heterocycles. The molecule has 2 unspecified atom stereocenters. The minimum absolute atomic E-state index is 0.346. The van der Waals surface area contributed by atoms with Crippen LogP contribution in [0.25, 0.3) is 0 Å². The SMILES string of the molecule is CC(C)C(C)C1NC(C)(C)CS1. The lowest BCUT2D eigenvalue weighted by atomic mass is 9.96. The van der Waals surface area contributed by atoms with Crippen LogP contribution in [-0.4, -0.2) is 16.7 Å². The molecule has 2 heteroatoms. The second kappa shape index (κ2) is 3.59. The first-order chi connectivity index (χ1) is 5.42. The summed E-state index contributed by atoms with van der Waals surface area (Å²) in [7, 11) is 0. The van der Waals surface area contributed by atoms with Gasteiger partial charge in [0.05, 0.1) is 5.37 Å². The van der Waals surface area contributed by atoms with Gasteiger partial charge in [0, 0.05) is 11.3 Å². The Morgan fingerprint density at radius 1 is 1.33 bits per heavy atom. The van der Waals surface area contributed by atoms with E-state index >= 15 is 0 Å². The van der Waals surface area contributed by atoms with Crippen LogP contribution in [0.2, 0.25) is 0 Å². The Balaban J connectivity index is 2.47. The summed E-state index contributed by atoms with van der Waals surface area (Å²) in [4.78, 5) is 0. The van der Waals surface area contributed by atoms with E-state index in [4.69, 9.17) is 0 Å². The van der Waals surface area contributed by atoms with E-state index in [1.54, 1.807) is 0 Å². The van der Waals surface area contributed by atoms with E-state index in [1.165, 1.54) is 5.75 Å². The zero-order chi connectivity index (χ0) is 9.35. The smallest absolute Gasteiger partial charge is 0.0565 e. The zero-order valence-electron chi connectivity index (χ0n) is 8.85. The third-order valence-electron chi connectivity index (χ3n) is 2.69. The van der Waals surface area contributed by atoms with Crippen molar-refractivity contribution in [3.8, 4) is 0 Å². The first kappa shape index (κ1) is 10.4. The van der Waals surface area contributed by atoms with Crippen LogP contribution in [0.5, 0.6) is 0 Å². The summed E-state index contributed by atoms with van der Waals surface area (Å²) in [6, 6.07) is 0. The lowest BCUT2D eigenvalue weighted by Crippen LogP contribution is -2.42. The molecule has 0 bridgehead atoms. The van der Waals surface area contributed by atoms with Crippen molar-refractivity contribution in [3.63, 3.8) is 0 Å². The highest BCUT2D eigenvalue weighted by molar-refractivity contribution is 8.00. The number of hydrogen-bond donors (Lipinski definition) is 1. The summed E-state index contributed by atoms with van der Waals surface area (Å²) in [6.45, 7) is 11.5. The van der Waals surface area contributed by atoms with Crippen molar-refractivity contribution in [1.82, 2.24) is 5.32 Å². The summed E-state index contributed by atoms with van der Waals surface area (Å²) in [6.07, 6.45) is 0. The summed E-state index contributed by atoms with van der Waals surface area (Å²) >= 11 is 2.07. The fourth-order valence-corrected chi connectivity index (χ4v) is 3.10. The van der Waals surface area contributed by atoms with Crippen molar-refractivity contribution < 1.29 is 0 Å². The minimum Gasteiger partial charge on any atom is -0.299 e. The molecule has 2 atom stereocenters. The highest BCUT2D eigenvalue weighted by Crippen LogP contribution is 2.33. The molecule has 1 nitrogen and oxygen atoms in total. The van der Waals surface area contributed by atoms with Gasteiger partial charge in [-0.1, -0.05) is 20.8 Å². The first-order valence-corrected chi connectivity index (χ1v) is 5.86. The monoisotopic (exact) mass is 187 g/mol. The average Bonchev–Trinajstić information content (AvgIpc) is 2.28. The van der Waals surface area contributed by atoms with Gasteiger partial charge in [-0.05, 0) is 25.7 Å². The molecule has 1 N–H and O–H groups in total. The Labute approximate surface area is 80.7 Å². The molecule has 0 aromatic heterocycles. The maximum absolute atomic E-state index is 3.67. The van der Waals surface area contributed by atoms with Crippen LogP contribution < -0.4 is 5.32 Å². The summed E-state index contributed by atoms with van der Waals surface area (Å²) < 4.78 is 0. The van der Waals surface area contributed by atoms with Gasteiger partial charge in [-0.15, -0.1) is 11.8 Å². The summed E-state index contributed by atoms with van der Waals surface area (Å²) in [5, 5.41) is 4.34. The van der Waals surface area contributed by atoms with Crippen LogP contribution >= 0.6 is 11.8 Å². The Kier molecular flexibility index (Phi) is 3.11. The van der Waals surface area contributed by atoms with Crippen molar-refractivity contribution >= 4 is 11.8 Å². The molecule has 0 saturated carbocycles. The normalized spacial score (nSPS) is 31.0. The number of thioether (sulfide) groups is 1. The molecule has 1 aliphatic rings. The van der Waals surface area contributed by atoms with Gasteiger partial charge in [0.25, 0.3) is 0 Å². The van der Waals surface area contributed by atoms with Gasteiger partial charge in [-0.3, -0.25) is 5.32 Å². The maximum Gasteiger partial charge on any atom is 0.0565 e. The van der Waals surface area contributed by atoms with Crippen molar-refractivity contribution in [2.24, 2.45) is 11.8 Å². The van der Waals surface area contributed by atoms with E-state index in [1.807, 2.05) is 0 Å². The van der Waals surface area contributed by atoms with E-state index in [0.29, 0.717) is 10.9 Å². The van der Waals surface area contributed by atoms with Gasteiger partial charge < -0.3 is 0 Å². The van der Waals surface area contributed by atoms with E-state index < -0.39 is 0 Å². The predicted molar refractivity (Wildman–Crippen MR) is 57.5 cm³/mol. The molecule has 0 aromatic carbocycles. The zero-order valence-corrected chi connectivity index (χ0v) is 9.66. The Morgan fingerprint density at radius 3 is 2.25 bits per heavy atom. The second-order valence-electron chi connectivity index (χ2n) is 4.86. The van der Waals surface area contributed by atoms with E-state index in [9.17, 15) is 0 Å². The molecule has 0 aliphatic carbocycles. The molecule has 72 valence electrons.